The zero-order chi connectivity index (χ0) is 12.5. The first-order valence-corrected chi connectivity index (χ1v) is 7.30. The van der Waals surface area contributed by atoms with E-state index < -0.39 is 0 Å². The van der Waals surface area contributed by atoms with Crippen LogP contribution in [0.3, 0.4) is 0 Å². The van der Waals surface area contributed by atoms with Crippen LogP contribution in [0.1, 0.15) is 44.1 Å². The van der Waals surface area contributed by atoms with E-state index in [1.807, 2.05) is 6.07 Å². The molecule has 0 aromatic heterocycles. The highest BCUT2D eigenvalue weighted by atomic mass is 16.5. The maximum atomic E-state index is 5.68. The van der Waals surface area contributed by atoms with Crippen molar-refractivity contribution in [1.29, 1.82) is 0 Å². The third-order valence-corrected chi connectivity index (χ3v) is 3.65. The molecule has 2 heteroatoms. The molecule has 100 valence electrons. The van der Waals surface area contributed by atoms with E-state index in [1.54, 1.807) is 0 Å². The Hall–Kier alpha value is -0.860. The normalized spacial score (nSPS) is 17.6. The molecule has 1 fully saturated rings. The quantitative estimate of drug-likeness (QED) is 0.613. The van der Waals surface area contributed by atoms with Crippen LogP contribution < -0.4 is 5.32 Å². The Labute approximate surface area is 111 Å². The molecule has 2 rings (SSSR count). The summed E-state index contributed by atoms with van der Waals surface area (Å²) in [4.78, 5) is 0. The van der Waals surface area contributed by atoms with E-state index in [2.05, 4.69) is 29.6 Å². The first-order chi connectivity index (χ1) is 8.95. The maximum Gasteiger partial charge on any atom is 0.0717 e. The van der Waals surface area contributed by atoms with E-state index in [1.165, 1.54) is 44.1 Å². The molecule has 1 aliphatic rings. The molecule has 1 saturated carbocycles. The van der Waals surface area contributed by atoms with E-state index in [-0.39, 0.29) is 0 Å². The van der Waals surface area contributed by atoms with Gasteiger partial charge in [-0.25, -0.2) is 0 Å². The SMILES string of the molecule is c1ccc(COCCNC2CCCCCC2)cc1. The van der Waals surface area contributed by atoms with E-state index >= 15 is 0 Å². The van der Waals surface area contributed by atoms with Gasteiger partial charge in [-0.3, -0.25) is 0 Å². The van der Waals surface area contributed by atoms with E-state index in [4.69, 9.17) is 4.74 Å². The lowest BCUT2D eigenvalue weighted by Gasteiger charge is -2.16. The van der Waals surface area contributed by atoms with Crippen molar-refractivity contribution >= 4 is 0 Å². The van der Waals surface area contributed by atoms with Crippen molar-refractivity contribution < 1.29 is 4.74 Å². The molecule has 0 atom stereocenters. The van der Waals surface area contributed by atoms with Crippen LogP contribution in [-0.4, -0.2) is 19.2 Å². The molecule has 0 bridgehead atoms. The fraction of sp³-hybridized carbons (Fsp3) is 0.625. The van der Waals surface area contributed by atoms with Gasteiger partial charge in [-0.05, 0) is 18.4 Å². The summed E-state index contributed by atoms with van der Waals surface area (Å²) in [5.74, 6) is 0. The number of ether oxygens (including phenoxy) is 1. The zero-order valence-corrected chi connectivity index (χ0v) is 11.2. The monoisotopic (exact) mass is 247 g/mol. The summed E-state index contributed by atoms with van der Waals surface area (Å²) in [6.45, 7) is 2.52. The molecular formula is C16H25NO. The molecule has 1 N–H and O–H groups in total. The Kier molecular flexibility index (Phi) is 6.24. The lowest BCUT2D eigenvalue weighted by atomic mass is 10.1. The van der Waals surface area contributed by atoms with Crippen LogP contribution in [0, 0.1) is 0 Å². The summed E-state index contributed by atoms with van der Waals surface area (Å²) in [7, 11) is 0. The van der Waals surface area contributed by atoms with Gasteiger partial charge in [0, 0.05) is 12.6 Å². The van der Waals surface area contributed by atoms with Crippen LogP contribution in [0.4, 0.5) is 0 Å². The second-order valence-corrected chi connectivity index (χ2v) is 5.18. The standard InChI is InChI=1S/C16H25NO/c1-2-7-11-16(10-6-1)17-12-13-18-14-15-8-4-3-5-9-15/h3-5,8-9,16-17H,1-2,6-7,10-14H2. The number of hydrogen-bond acceptors (Lipinski definition) is 2. The lowest BCUT2D eigenvalue weighted by Crippen LogP contribution is -2.31. The minimum absolute atomic E-state index is 0.729. The Morgan fingerprint density at radius 3 is 2.44 bits per heavy atom. The van der Waals surface area contributed by atoms with Gasteiger partial charge in [0.2, 0.25) is 0 Å². The van der Waals surface area contributed by atoms with Crippen molar-refractivity contribution in [2.24, 2.45) is 0 Å². The van der Waals surface area contributed by atoms with Crippen molar-refractivity contribution in [3.05, 3.63) is 35.9 Å². The summed E-state index contributed by atoms with van der Waals surface area (Å²) < 4.78 is 5.68. The highest BCUT2D eigenvalue weighted by Crippen LogP contribution is 2.16. The number of rotatable bonds is 6. The fourth-order valence-electron chi connectivity index (χ4n) is 2.58. The maximum absolute atomic E-state index is 5.68. The molecule has 0 unspecified atom stereocenters. The second-order valence-electron chi connectivity index (χ2n) is 5.18. The van der Waals surface area contributed by atoms with Crippen LogP contribution >= 0.6 is 0 Å². The lowest BCUT2D eigenvalue weighted by molar-refractivity contribution is 0.120. The minimum atomic E-state index is 0.729. The van der Waals surface area contributed by atoms with Crippen LogP contribution in [0.5, 0.6) is 0 Å². The van der Waals surface area contributed by atoms with Gasteiger partial charge < -0.3 is 10.1 Å². The minimum Gasteiger partial charge on any atom is -0.375 e. The molecule has 1 aromatic carbocycles. The van der Waals surface area contributed by atoms with E-state index in [0.717, 1.165) is 25.8 Å². The van der Waals surface area contributed by atoms with Gasteiger partial charge >= 0.3 is 0 Å². The first-order valence-electron chi connectivity index (χ1n) is 7.30. The Balaban J connectivity index is 1.53. The topological polar surface area (TPSA) is 21.3 Å². The summed E-state index contributed by atoms with van der Waals surface area (Å²) in [6.07, 6.45) is 8.31. The second kappa shape index (κ2) is 8.28. The highest BCUT2D eigenvalue weighted by molar-refractivity contribution is 5.13. The first kappa shape index (κ1) is 13.6. The summed E-state index contributed by atoms with van der Waals surface area (Å²) in [5, 5.41) is 3.62. The third-order valence-electron chi connectivity index (χ3n) is 3.65. The van der Waals surface area contributed by atoms with Crippen molar-refractivity contribution in [1.82, 2.24) is 5.32 Å². The molecular weight excluding hydrogens is 222 g/mol. The zero-order valence-electron chi connectivity index (χ0n) is 11.2. The Bertz CT molecular complexity index is 304. The fourth-order valence-corrected chi connectivity index (χ4v) is 2.58. The van der Waals surface area contributed by atoms with Gasteiger partial charge in [-0.2, -0.15) is 0 Å². The molecule has 0 heterocycles. The van der Waals surface area contributed by atoms with Gasteiger partial charge in [-0.15, -0.1) is 0 Å². The van der Waals surface area contributed by atoms with E-state index in [0.29, 0.717) is 0 Å². The molecule has 0 amide bonds. The van der Waals surface area contributed by atoms with Crippen LogP contribution in [0.15, 0.2) is 30.3 Å². The predicted octanol–water partition coefficient (Wildman–Crippen LogP) is 3.52. The van der Waals surface area contributed by atoms with Crippen molar-refractivity contribution in [2.45, 2.75) is 51.2 Å². The Morgan fingerprint density at radius 1 is 1.00 bits per heavy atom. The van der Waals surface area contributed by atoms with Crippen molar-refractivity contribution in [3.8, 4) is 0 Å². The molecule has 18 heavy (non-hydrogen) atoms. The van der Waals surface area contributed by atoms with Gasteiger partial charge in [0.05, 0.1) is 13.2 Å². The van der Waals surface area contributed by atoms with E-state index in [9.17, 15) is 0 Å². The van der Waals surface area contributed by atoms with Gasteiger partial charge in [-0.1, -0.05) is 56.0 Å². The average molecular weight is 247 g/mol. The number of benzene rings is 1. The molecule has 0 saturated heterocycles. The van der Waals surface area contributed by atoms with Crippen LogP contribution in [0.25, 0.3) is 0 Å². The van der Waals surface area contributed by atoms with Crippen molar-refractivity contribution in [2.75, 3.05) is 13.2 Å². The van der Waals surface area contributed by atoms with Crippen molar-refractivity contribution in [3.63, 3.8) is 0 Å². The largest absolute Gasteiger partial charge is 0.375 e. The average Bonchev–Trinajstić information content (AvgIpc) is 2.68. The van der Waals surface area contributed by atoms with Gasteiger partial charge in [0.15, 0.2) is 0 Å². The summed E-state index contributed by atoms with van der Waals surface area (Å²) in [5.41, 5.74) is 1.26. The van der Waals surface area contributed by atoms with Crippen LogP contribution in [0.2, 0.25) is 0 Å². The molecule has 1 aromatic rings. The summed E-state index contributed by atoms with van der Waals surface area (Å²) in [6, 6.07) is 11.1. The van der Waals surface area contributed by atoms with Gasteiger partial charge in [0.25, 0.3) is 0 Å². The smallest absolute Gasteiger partial charge is 0.0717 e. The van der Waals surface area contributed by atoms with Gasteiger partial charge in [0.1, 0.15) is 0 Å². The Morgan fingerprint density at radius 2 is 1.72 bits per heavy atom. The third kappa shape index (κ3) is 5.19. The molecule has 0 radical (unpaired) electrons. The summed E-state index contributed by atoms with van der Waals surface area (Å²) >= 11 is 0. The molecule has 1 aliphatic carbocycles. The molecule has 2 nitrogen and oxygen atoms in total. The predicted molar refractivity (Wildman–Crippen MR) is 75.6 cm³/mol. The number of nitrogens with one attached hydrogen (secondary N) is 1. The molecule has 0 aliphatic heterocycles. The molecule has 0 spiro atoms. The highest BCUT2D eigenvalue weighted by Gasteiger charge is 2.10. The number of hydrogen-bond donors (Lipinski definition) is 1. The van der Waals surface area contributed by atoms with Crippen LogP contribution in [-0.2, 0) is 11.3 Å².